The van der Waals surface area contributed by atoms with E-state index in [0.717, 1.165) is 0 Å². The van der Waals surface area contributed by atoms with E-state index < -0.39 is 0 Å². The molecule has 0 atom stereocenters. The van der Waals surface area contributed by atoms with Crippen LogP contribution in [0.1, 0.15) is 0 Å². The predicted octanol–water partition coefficient (Wildman–Crippen LogP) is 3.30. The van der Waals surface area contributed by atoms with Gasteiger partial charge in [-0.2, -0.15) is 5.10 Å². The third-order valence-electron chi connectivity index (χ3n) is 3.38. The van der Waals surface area contributed by atoms with Crippen LogP contribution in [0.4, 0.5) is 10.2 Å². The molecule has 0 aliphatic carbocycles. The number of benzene rings is 1. The maximum absolute atomic E-state index is 13.1. The molecule has 1 aromatic carbocycles. The summed E-state index contributed by atoms with van der Waals surface area (Å²) >= 11 is 12.7. The van der Waals surface area contributed by atoms with Gasteiger partial charge in [-0.25, -0.2) is 4.39 Å². The molecule has 0 radical (unpaired) electrons. The minimum absolute atomic E-state index is 0.225. The molecule has 0 saturated carbocycles. The molecule has 0 aliphatic rings. The first-order valence-electron chi connectivity index (χ1n) is 6.19. The van der Waals surface area contributed by atoms with E-state index in [2.05, 4.69) is 20.4 Å². The lowest BCUT2D eigenvalue weighted by atomic mass is 10.2. The van der Waals surface area contributed by atoms with Gasteiger partial charge in [0.05, 0.1) is 10.9 Å². The number of nitrogens with one attached hydrogen (secondary N) is 1. The Hall–Kier alpha value is -2.38. The lowest BCUT2D eigenvalue weighted by molar-refractivity contribution is 0.628. The summed E-state index contributed by atoms with van der Waals surface area (Å²) in [5.41, 5.74) is 7.33. The smallest absolute Gasteiger partial charge is 0.183 e. The van der Waals surface area contributed by atoms with Crippen LogP contribution in [0.3, 0.4) is 0 Å². The second-order valence-corrected chi connectivity index (χ2v) is 5.39. The fourth-order valence-electron chi connectivity index (χ4n) is 2.35. The van der Waals surface area contributed by atoms with E-state index in [1.54, 1.807) is 16.5 Å². The Balaban J connectivity index is 2.14. The second-order valence-electron chi connectivity index (χ2n) is 4.65. The number of hydrogen-bond acceptors (Lipinski definition) is 4. The number of aromatic nitrogens is 5. The molecule has 3 heterocycles. The van der Waals surface area contributed by atoms with E-state index in [9.17, 15) is 4.39 Å². The van der Waals surface area contributed by atoms with Crippen molar-refractivity contribution in [1.82, 2.24) is 24.8 Å². The Kier molecular flexibility index (Phi) is 2.75. The number of halogens is 3. The van der Waals surface area contributed by atoms with Crippen LogP contribution in [0.5, 0.6) is 0 Å². The Morgan fingerprint density at radius 2 is 1.86 bits per heavy atom. The molecule has 4 aromatic rings. The molecule has 0 aliphatic heterocycles. The Labute approximate surface area is 132 Å². The number of pyridine rings is 1. The molecule has 0 fully saturated rings. The van der Waals surface area contributed by atoms with E-state index >= 15 is 0 Å². The molecular formula is C13H7Cl2FN6. The van der Waals surface area contributed by atoms with Crippen LogP contribution in [0.15, 0.2) is 24.3 Å². The SMILES string of the molecule is Nc1n[nH]c2c(Cl)c3nnc(-c4ccc(F)cc4)n3c(Cl)c12. The molecule has 0 saturated heterocycles. The quantitative estimate of drug-likeness (QED) is 0.522. The second kappa shape index (κ2) is 4.56. The average Bonchev–Trinajstić information content (AvgIpc) is 3.10. The molecule has 3 N–H and O–H groups in total. The highest BCUT2D eigenvalue weighted by atomic mass is 35.5. The normalized spacial score (nSPS) is 11.6. The van der Waals surface area contributed by atoms with Crippen LogP contribution in [0.25, 0.3) is 27.9 Å². The summed E-state index contributed by atoms with van der Waals surface area (Å²) in [4.78, 5) is 0. The summed E-state index contributed by atoms with van der Waals surface area (Å²) in [5, 5.41) is 15.9. The summed E-state index contributed by atoms with van der Waals surface area (Å²) in [6.07, 6.45) is 0. The maximum Gasteiger partial charge on any atom is 0.183 e. The zero-order chi connectivity index (χ0) is 15.4. The van der Waals surface area contributed by atoms with E-state index in [1.807, 2.05) is 0 Å². The van der Waals surface area contributed by atoms with Crippen LogP contribution >= 0.6 is 23.2 Å². The predicted molar refractivity (Wildman–Crippen MR) is 82.5 cm³/mol. The van der Waals surface area contributed by atoms with Gasteiger partial charge < -0.3 is 5.73 Å². The molecule has 6 nitrogen and oxygen atoms in total. The van der Waals surface area contributed by atoms with Crippen molar-refractivity contribution < 1.29 is 4.39 Å². The van der Waals surface area contributed by atoms with Crippen molar-refractivity contribution in [3.05, 3.63) is 40.3 Å². The summed E-state index contributed by atoms with van der Waals surface area (Å²) in [6.45, 7) is 0. The van der Waals surface area contributed by atoms with Gasteiger partial charge in [0, 0.05) is 5.56 Å². The first-order valence-corrected chi connectivity index (χ1v) is 6.95. The van der Waals surface area contributed by atoms with Crippen molar-refractivity contribution in [3.63, 3.8) is 0 Å². The molecular weight excluding hydrogens is 330 g/mol. The number of H-pyrrole nitrogens is 1. The van der Waals surface area contributed by atoms with E-state index in [1.165, 1.54) is 12.1 Å². The van der Waals surface area contributed by atoms with Gasteiger partial charge in [0.2, 0.25) is 0 Å². The number of aromatic amines is 1. The van der Waals surface area contributed by atoms with Crippen molar-refractivity contribution in [2.45, 2.75) is 0 Å². The summed E-state index contributed by atoms with van der Waals surface area (Å²) in [6, 6.07) is 5.82. The Bertz CT molecular complexity index is 1020. The molecule has 9 heteroatoms. The van der Waals surface area contributed by atoms with Crippen LogP contribution in [0, 0.1) is 5.82 Å². The maximum atomic E-state index is 13.1. The van der Waals surface area contributed by atoms with E-state index in [4.69, 9.17) is 28.9 Å². The van der Waals surface area contributed by atoms with E-state index in [0.29, 0.717) is 33.0 Å². The molecule has 0 spiro atoms. The van der Waals surface area contributed by atoms with Gasteiger partial charge in [-0.3, -0.25) is 9.50 Å². The van der Waals surface area contributed by atoms with Crippen molar-refractivity contribution in [3.8, 4) is 11.4 Å². The van der Waals surface area contributed by atoms with Crippen molar-refractivity contribution >= 4 is 45.6 Å². The van der Waals surface area contributed by atoms with Gasteiger partial charge >= 0.3 is 0 Å². The Morgan fingerprint density at radius 3 is 2.59 bits per heavy atom. The van der Waals surface area contributed by atoms with Crippen molar-refractivity contribution in [2.75, 3.05) is 5.73 Å². The standard InChI is InChI=1S/C13H7Cl2FN6/c14-8-9-7(11(17)19-18-9)10(15)22-12(20-21-13(8)22)5-1-3-6(16)4-2-5/h1-4,18H,(H2,17,19). The molecule has 3 aromatic heterocycles. The highest BCUT2D eigenvalue weighted by molar-refractivity contribution is 6.42. The van der Waals surface area contributed by atoms with E-state index in [-0.39, 0.29) is 16.8 Å². The molecule has 22 heavy (non-hydrogen) atoms. The number of nitrogen functional groups attached to an aromatic ring is 1. The topological polar surface area (TPSA) is 84.9 Å². The highest BCUT2D eigenvalue weighted by Crippen LogP contribution is 2.36. The van der Waals surface area contributed by atoms with Gasteiger partial charge in [-0.05, 0) is 24.3 Å². The lowest BCUT2D eigenvalue weighted by Crippen LogP contribution is -1.95. The number of rotatable bonds is 1. The van der Waals surface area contributed by atoms with Gasteiger partial charge in [-0.15, -0.1) is 10.2 Å². The molecule has 110 valence electrons. The van der Waals surface area contributed by atoms with Crippen LogP contribution in [0.2, 0.25) is 10.2 Å². The van der Waals surface area contributed by atoms with Gasteiger partial charge in [0.15, 0.2) is 17.3 Å². The number of nitrogens with zero attached hydrogens (tertiary/aromatic N) is 4. The van der Waals surface area contributed by atoms with Gasteiger partial charge in [0.1, 0.15) is 16.0 Å². The third-order valence-corrected chi connectivity index (χ3v) is 4.09. The highest BCUT2D eigenvalue weighted by Gasteiger charge is 2.21. The first kappa shape index (κ1) is 13.3. The molecule has 0 amide bonds. The van der Waals surface area contributed by atoms with Crippen LogP contribution in [-0.2, 0) is 0 Å². The number of fused-ring (bicyclic) bond motifs is 2. The lowest BCUT2D eigenvalue weighted by Gasteiger charge is -2.05. The number of nitrogens with two attached hydrogens (primary N) is 1. The van der Waals surface area contributed by atoms with Crippen molar-refractivity contribution in [1.29, 1.82) is 0 Å². The monoisotopic (exact) mass is 336 g/mol. The number of hydrogen-bond donors (Lipinski definition) is 2. The summed E-state index contributed by atoms with van der Waals surface area (Å²) < 4.78 is 14.6. The first-order chi connectivity index (χ1) is 10.6. The zero-order valence-electron chi connectivity index (χ0n) is 10.8. The summed E-state index contributed by atoms with van der Waals surface area (Å²) in [7, 11) is 0. The molecule has 0 unspecified atom stereocenters. The zero-order valence-corrected chi connectivity index (χ0v) is 12.3. The number of anilines is 1. The largest absolute Gasteiger partial charge is 0.382 e. The molecule has 4 rings (SSSR count). The minimum Gasteiger partial charge on any atom is -0.382 e. The third kappa shape index (κ3) is 1.69. The molecule has 0 bridgehead atoms. The van der Waals surface area contributed by atoms with Crippen LogP contribution in [-0.4, -0.2) is 24.8 Å². The fraction of sp³-hybridized carbons (Fsp3) is 0. The van der Waals surface area contributed by atoms with Crippen LogP contribution < -0.4 is 5.73 Å². The van der Waals surface area contributed by atoms with Gasteiger partial charge in [-0.1, -0.05) is 23.2 Å². The van der Waals surface area contributed by atoms with Crippen molar-refractivity contribution in [2.24, 2.45) is 0 Å². The van der Waals surface area contributed by atoms with Gasteiger partial charge in [0.25, 0.3) is 0 Å². The average molecular weight is 337 g/mol. The summed E-state index contributed by atoms with van der Waals surface area (Å²) in [5.74, 6) is 0.315. The Morgan fingerprint density at radius 1 is 1.14 bits per heavy atom. The fourth-order valence-corrected chi connectivity index (χ4v) is 2.96. The minimum atomic E-state index is -0.344.